The minimum atomic E-state index is -0.196. The molecule has 6 heteroatoms. The molecule has 3 amide bonds. The SMILES string of the molecule is O=C(CCN1C(=O)CCC1=O)NCc1ccccc1COCc1ccccc1. The van der Waals surface area contributed by atoms with Crippen molar-refractivity contribution in [3.8, 4) is 0 Å². The van der Waals surface area contributed by atoms with Crippen LogP contribution in [0.2, 0.25) is 0 Å². The quantitative estimate of drug-likeness (QED) is 0.679. The summed E-state index contributed by atoms with van der Waals surface area (Å²) in [5.41, 5.74) is 3.11. The summed E-state index contributed by atoms with van der Waals surface area (Å²) < 4.78 is 5.80. The van der Waals surface area contributed by atoms with Gasteiger partial charge in [0.25, 0.3) is 0 Å². The summed E-state index contributed by atoms with van der Waals surface area (Å²) in [7, 11) is 0. The van der Waals surface area contributed by atoms with Crippen LogP contribution >= 0.6 is 0 Å². The highest BCUT2D eigenvalue weighted by Crippen LogP contribution is 2.13. The summed E-state index contributed by atoms with van der Waals surface area (Å²) >= 11 is 0. The van der Waals surface area contributed by atoms with E-state index in [1.54, 1.807) is 0 Å². The lowest BCUT2D eigenvalue weighted by molar-refractivity contribution is -0.138. The number of likely N-dealkylation sites (tertiary alicyclic amines) is 1. The van der Waals surface area contributed by atoms with E-state index >= 15 is 0 Å². The first-order valence-corrected chi connectivity index (χ1v) is 9.42. The Morgan fingerprint density at radius 2 is 1.54 bits per heavy atom. The first-order chi connectivity index (χ1) is 13.6. The van der Waals surface area contributed by atoms with Gasteiger partial charge in [0.2, 0.25) is 17.7 Å². The van der Waals surface area contributed by atoms with Gasteiger partial charge in [-0.05, 0) is 16.7 Å². The highest BCUT2D eigenvalue weighted by Gasteiger charge is 2.28. The van der Waals surface area contributed by atoms with Gasteiger partial charge in [0, 0.05) is 32.4 Å². The molecule has 1 heterocycles. The number of amides is 3. The lowest BCUT2D eigenvalue weighted by Crippen LogP contribution is -2.34. The van der Waals surface area contributed by atoms with Crippen LogP contribution < -0.4 is 5.32 Å². The van der Waals surface area contributed by atoms with E-state index in [1.807, 2.05) is 54.6 Å². The summed E-state index contributed by atoms with van der Waals surface area (Å²) in [5.74, 6) is -0.579. The van der Waals surface area contributed by atoms with Crippen molar-refractivity contribution in [2.45, 2.75) is 39.0 Å². The molecule has 1 aliphatic heterocycles. The molecule has 0 spiro atoms. The Hall–Kier alpha value is -2.99. The number of nitrogens with zero attached hydrogens (tertiary/aromatic N) is 1. The first-order valence-electron chi connectivity index (χ1n) is 9.42. The van der Waals surface area contributed by atoms with Gasteiger partial charge in [0.1, 0.15) is 0 Å². The third kappa shape index (κ3) is 5.50. The van der Waals surface area contributed by atoms with E-state index < -0.39 is 0 Å². The Labute approximate surface area is 164 Å². The molecular formula is C22H24N2O4. The molecule has 1 saturated heterocycles. The smallest absolute Gasteiger partial charge is 0.229 e. The number of carbonyl (C=O) groups excluding carboxylic acids is 3. The zero-order valence-electron chi connectivity index (χ0n) is 15.7. The van der Waals surface area contributed by atoms with Crippen LogP contribution in [0, 0.1) is 0 Å². The second-order valence-corrected chi connectivity index (χ2v) is 6.71. The third-order valence-corrected chi connectivity index (χ3v) is 4.68. The van der Waals surface area contributed by atoms with Crippen molar-refractivity contribution in [1.82, 2.24) is 10.2 Å². The second-order valence-electron chi connectivity index (χ2n) is 6.71. The molecule has 6 nitrogen and oxygen atoms in total. The Morgan fingerprint density at radius 3 is 2.25 bits per heavy atom. The number of imide groups is 1. The molecule has 146 valence electrons. The van der Waals surface area contributed by atoms with Crippen molar-refractivity contribution in [1.29, 1.82) is 0 Å². The number of rotatable bonds is 9. The van der Waals surface area contributed by atoms with Crippen LogP contribution in [0.3, 0.4) is 0 Å². The maximum Gasteiger partial charge on any atom is 0.229 e. The fraction of sp³-hybridized carbons (Fsp3) is 0.318. The predicted octanol–water partition coefficient (Wildman–Crippen LogP) is 2.56. The molecule has 0 saturated carbocycles. The van der Waals surface area contributed by atoms with E-state index in [2.05, 4.69) is 5.32 Å². The Morgan fingerprint density at radius 1 is 0.893 bits per heavy atom. The number of benzene rings is 2. The molecule has 2 aromatic carbocycles. The minimum absolute atomic E-state index is 0.115. The summed E-state index contributed by atoms with van der Waals surface area (Å²) in [6, 6.07) is 17.8. The van der Waals surface area contributed by atoms with E-state index in [0.717, 1.165) is 16.7 Å². The molecule has 0 unspecified atom stereocenters. The topological polar surface area (TPSA) is 75.7 Å². The number of carbonyl (C=O) groups is 3. The van der Waals surface area contributed by atoms with E-state index in [1.165, 1.54) is 4.90 Å². The molecule has 0 aliphatic carbocycles. The summed E-state index contributed by atoms with van der Waals surface area (Å²) in [6.45, 7) is 1.51. The fourth-order valence-corrected chi connectivity index (χ4v) is 3.09. The van der Waals surface area contributed by atoms with Crippen molar-refractivity contribution in [2.24, 2.45) is 0 Å². The number of nitrogens with one attached hydrogen (secondary N) is 1. The molecule has 3 rings (SSSR count). The van der Waals surface area contributed by atoms with Crippen molar-refractivity contribution in [3.05, 3.63) is 71.3 Å². The van der Waals surface area contributed by atoms with Crippen LogP contribution in [-0.4, -0.2) is 29.2 Å². The Kier molecular flexibility index (Phi) is 6.92. The van der Waals surface area contributed by atoms with Gasteiger partial charge in [-0.1, -0.05) is 54.6 Å². The molecule has 28 heavy (non-hydrogen) atoms. The van der Waals surface area contributed by atoms with E-state index in [4.69, 9.17) is 4.74 Å². The van der Waals surface area contributed by atoms with Crippen molar-refractivity contribution >= 4 is 17.7 Å². The minimum Gasteiger partial charge on any atom is -0.372 e. The van der Waals surface area contributed by atoms with Crippen LogP contribution in [0.15, 0.2) is 54.6 Å². The summed E-state index contributed by atoms with van der Waals surface area (Å²) in [5, 5.41) is 2.86. The van der Waals surface area contributed by atoms with Crippen molar-refractivity contribution in [2.75, 3.05) is 6.54 Å². The molecule has 1 aliphatic rings. The molecule has 1 fully saturated rings. The van der Waals surface area contributed by atoms with Crippen LogP contribution in [0.5, 0.6) is 0 Å². The molecule has 0 bridgehead atoms. The van der Waals surface area contributed by atoms with Crippen molar-refractivity contribution < 1.29 is 19.1 Å². The van der Waals surface area contributed by atoms with E-state index in [-0.39, 0.29) is 43.5 Å². The lowest BCUT2D eigenvalue weighted by Gasteiger charge is -2.14. The normalized spacial score (nSPS) is 13.8. The average Bonchev–Trinajstić information content (AvgIpc) is 3.04. The van der Waals surface area contributed by atoms with Gasteiger partial charge < -0.3 is 10.1 Å². The van der Waals surface area contributed by atoms with Crippen molar-refractivity contribution in [3.63, 3.8) is 0 Å². The number of hydrogen-bond acceptors (Lipinski definition) is 4. The van der Waals surface area contributed by atoms with Crippen LogP contribution in [-0.2, 0) is 38.9 Å². The Bertz CT molecular complexity index is 819. The molecule has 0 aromatic heterocycles. The summed E-state index contributed by atoms with van der Waals surface area (Å²) in [4.78, 5) is 36.4. The number of hydrogen-bond donors (Lipinski definition) is 1. The fourth-order valence-electron chi connectivity index (χ4n) is 3.09. The van der Waals surface area contributed by atoms with E-state index in [0.29, 0.717) is 19.8 Å². The van der Waals surface area contributed by atoms with Gasteiger partial charge in [-0.25, -0.2) is 0 Å². The van der Waals surface area contributed by atoms with Gasteiger partial charge in [0.15, 0.2) is 0 Å². The van der Waals surface area contributed by atoms with Crippen LogP contribution in [0.1, 0.15) is 36.0 Å². The van der Waals surface area contributed by atoms with Gasteiger partial charge in [-0.15, -0.1) is 0 Å². The van der Waals surface area contributed by atoms with Crippen LogP contribution in [0.4, 0.5) is 0 Å². The van der Waals surface area contributed by atoms with Gasteiger partial charge >= 0.3 is 0 Å². The second kappa shape index (κ2) is 9.80. The maximum atomic E-state index is 12.1. The standard InChI is InChI=1S/C22H24N2O4/c25-20(12-13-24-21(26)10-11-22(24)27)23-14-18-8-4-5-9-19(18)16-28-15-17-6-2-1-3-7-17/h1-9H,10-16H2,(H,23,25). The molecule has 0 atom stereocenters. The first kappa shape index (κ1) is 19.8. The monoisotopic (exact) mass is 380 g/mol. The van der Waals surface area contributed by atoms with Crippen LogP contribution in [0.25, 0.3) is 0 Å². The third-order valence-electron chi connectivity index (χ3n) is 4.68. The largest absolute Gasteiger partial charge is 0.372 e. The molecule has 2 aromatic rings. The highest BCUT2D eigenvalue weighted by molar-refractivity contribution is 6.02. The molecule has 1 N–H and O–H groups in total. The zero-order valence-corrected chi connectivity index (χ0v) is 15.7. The maximum absolute atomic E-state index is 12.1. The highest BCUT2D eigenvalue weighted by atomic mass is 16.5. The zero-order chi connectivity index (χ0) is 19.8. The summed E-state index contributed by atoms with van der Waals surface area (Å²) in [6.07, 6.45) is 0.609. The van der Waals surface area contributed by atoms with Gasteiger partial charge in [0.05, 0.1) is 13.2 Å². The average molecular weight is 380 g/mol. The lowest BCUT2D eigenvalue weighted by atomic mass is 10.1. The van der Waals surface area contributed by atoms with E-state index in [9.17, 15) is 14.4 Å². The predicted molar refractivity (Wildman–Crippen MR) is 104 cm³/mol. The molecular weight excluding hydrogens is 356 g/mol. The van der Waals surface area contributed by atoms with Gasteiger partial charge in [-0.3, -0.25) is 19.3 Å². The Balaban J connectivity index is 1.45. The molecule has 0 radical (unpaired) electrons. The number of ether oxygens (including phenoxy) is 1. The van der Waals surface area contributed by atoms with Gasteiger partial charge in [-0.2, -0.15) is 0 Å².